The fourth-order valence-corrected chi connectivity index (χ4v) is 0.755. The summed E-state index contributed by atoms with van der Waals surface area (Å²) >= 11 is 0. The maximum absolute atomic E-state index is 11.1. The summed E-state index contributed by atoms with van der Waals surface area (Å²) < 4.78 is 4.34. The molecule has 0 heterocycles. The molecule has 0 aliphatic heterocycles. The van der Waals surface area contributed by atoms with E-state index in [2.05, 4.69) is 4.74 Å². The molecule has 0 radical (unpaired) electrons. The summed E-state index contributed by atoms with van der Waals surface area (Å²) in [6.07, 6.45) is -4.71. The molecule has 9 nitrogen and oxygen atoms in total. The van der Waals surface area contributed by atoms with Crippen LogP contribution in [-0.2, 0) is 19.1 Å². The van der Waals surface area contributed by atoms with Gasteiger partial charge in [0.15, 0.2) is 12.2 Å². The Bertz CT molecular complexity index is 339. The predicted molar refractivity (Wildman–Crippen MR) is 53.4 cm³/mol. The smallest absolute Gasteiger partial charge is 0.338 e. The van der Waals surface area contributed by atoms with Gasteiger partial charge in [0.05, 0.1) is 6.61 Å². The molecule has 18 heavy (non-hydrogen) atoms. The van der Waals surface area contributed by atoms with Crippen molar-refractivity contribution in [3.05, 3.63) is 0 Å². The van der Waals surface area contributed by atoms with Crippen molar-refractivity contribution < 1.29 is 44.7 Å². The van der Waals surface area contributed by atoms with Crippen LogP contribution in [0, 0.1) is 5.41 Å². The summed E-state index contributed by atoms with van der Waals surface area (Å²) in [5.41, 5.74) is -1.77. The van der Waals surface area contributed by atoms with Crippen LogP contribution in [0.4, 0.5) is 0 Å². The van der Waals surface area contributed by atoms with Gasteiger partial charge in [0, 0.05) is 0 Å². The molecule has 0 aromatic rings. The normalized spacial score (nSPS) is 17.3. The monoisotopic (exact) mass is 266 g/mol. The highest BCUT2D eigenvalue weighted by molar-refractivity contribution is 5.84. The molecule has 5 N–H and O–H groups in total. The summed E-state index contributed by atoms with van der Waals surface area (Å²) in [6, 6.07) is 0. The van der Waals surface area contributed by atoms with E-state index < -0.39 is 48.7 Å². The number of aliphatic hydroxyl groups is 3. The molecule has 3 unspecified atom stereocenters. The maximum atomic E-state index is 11.1. The van der Waals surface area contributed by atoms with E-state index in [9.17, 15) is 14.4 Å². The number of carboxylic acids is 2. The Morgan fingerprint density at radius 1 is 1.17 bits per heavy atom. The molecule has 0 saturated carbocycles. The standard InChI is InChI=1S/C9H14O9/c1-9(2-10,8(16)17)3-18-7(15)5(12)4(11)6(13)14/h4-5,10-12H,2-3H2,1H3,(H,13,14)(H,16,17). The van der Waals surface area contributed by atoms with Crippen LogP contribution in [-0.4, -0.2) is 68.9 Å². The third kappa shape index (κ3) is 3.95. The molecule has 0 fully saturated rings. The largest absolute Gasteiger partial charge is 0.481 e. The van der Waals surface area contributed by atoms with Crippen molar-refractivity contribution in [1.29, 1.82) is 0 Å². The fourth-order valence-electron chi connectivity index (χ4n) is 0.755. The molecule has 0 rings (SSSR count). The van der Waals surface area contributed by atoms with Gasteiger partial charge in [-0.2, -0.15) is 0 Å². The summed E-state index contributed by atoms with van der Waals surface area (Å²) in [5.74, 6) is -4.76. The minimum atomic E-state index is -2.37. The van der Waals surface area contributed by atoms with Gasteiger partial charge in [0.1, 0.15) is 12.0 Å². The van der Waals surface area contributed by atoms with Gasteiger partial charge in [-0.1, -0.05) is 0 Å². The van der Waals surface area contributed by atoms with Crippen LogP contribution in [0.3, 0.4) is 0 Å². The zero-order valence-corrected chi connectivity index (χ0v) is 9.44. The van der Waals surface area contributed by atoms with Crippen molar-refractivity contribution in [3.63, 3.8) is 0 Å². The zero-order chi connectivity index (χ0) is 14.5. The molecular formula is C9H14O9. The second-order valence-electron chi connectivity index (χ2n) is 3.86. The summed E-state index contributed by atoms with van der Waals surface area (Å²) in [6.45, 7) is -0.517. The van der Waals surface area contributed by atoms with E-state index in [0.717, 1.165) is 6.92 Å². The SMILES string of the molecule is CC(CO)(COC(=O)C(O)C(O)C(=O)O)C(=O)O. The van der Waals surface area contributed by atoms with Gasteiger partial charge in [0.2, 0.25) is 0 Å². The lowest BCUT2D eigenvalue weighted by atomic mass is 9.93. The molecule has 0 amide bonds. The van der Waals surface area contributed by atoms with Crippen LogP contribution >= 0.6 is 0 Å². The molecule has 0 spiro atoms. The molecular weight excluding hydrogens is 252 g/mol. The minimum Gasteiger partial charge on any atom is -0.481 e. The van der Waals surface area contributed by atoms with Crippen molar-refractivity contribution in [1.82, 2.24) is 0 Å². The molecule has 0 aromatic heterocycles. The van der Waals surface area contributed by atoms with Crippen LogP contribution in [0.15, 0.2) is 0 Å². The van der Waals surface area contributed by atoms with E-state index in [-0.39, 0.29) is 0 Å². The second kappa shape index (κ2) is 6.28. The number of aliphatic hydroxyl groups excluding tert-OH is 3. The molecule has 104 valence electrons. The van der Waals surface area contributed by atoms with Gasteiger partial charge in [0.25, 0.3) is 0 Å². The van der Waals surface area contributed by atoms with Crippen molar-refractivity contribution >= 4 is 17.9 Å². The van der Waals surface area contributed by atoms with Crippen molar-refractivity contribution in [2.45, 2.75) is 19.1 Å². The summed E-state index contributed by atoms with van der Waals surface area (Å²) in [7, 11) is 0. The Kier molecular flexibility index (Phi) is 5.69. The Morgan fingerprint density at radius 3 is 2.00 bits per heavy atom. The Morgan fingerprint density at radius 2 is 1.67 bits per heavy atom. The lowest BCUT2D eigenvalue weighted by molar-refractivity contribution is -0.175. The maximum Gasteiger partial charge on any atom is 0.338 e. The zero-order valence-electron chi connectivity index (χ0n) is 9.44. The first kappa shape index (κ1) is 16.3. The average molecular weight is 266 g/mol. The van der Waals surface area contributed by atoms with Crippen molar-refractivity contribution in [2.24, 2.45) is 5.41 Å². The van der Waals surface area contributed by atoms with Gasteiger partial charge >= 0.3 is 17.9 Å². The Labute approximate surface area is 101 Å². The predicted octanol–water partition coefficient (Wildman–Crippen LogP) is -2.58. The number of carbonyl (C=O) groups excluding carboxylic acids is 1. The first-order valence-electron chi connectivity index (χ1n) is 4.75. The number of aliphatic carboxylic acids is 2. The number of esters is 1. The first-order chi connectivity index (χ1) is 8.15. The highest BCUT2D eigenvalue weighted by Gasteiger charge is 2.37. The van der Waals surface area contributed by atoms with E-state index in [1.807, 2.05) is 0 Å². The van der Waals surface area contributed by atoms with Crippen molar-refractivity contribution in [3.8, 4) is 0 Å². The van der Waals surface area contributed by atoms with Gasteiger partial charge in [-0.3, -0.25) is 4.79 Å². The first-order valence-corrected chi connectivity index (χ1v) is 4.75. The van der Waals surface area contributed by atoms with E-state index in [1.165, 1.54) is 0 Å². The van der Waals surface area contributed by atoms with Crippen LogP contribution in [0.25, 0.3) is 0 Å². The van der Waals surface area contributed by atoms with E-state index in [4.69, 9.17) is 25.5 Å². The topological polar surface area (TPSA) is 162 Å². The molecule has 0 aromatic carbocycles. The summed E-state index contributed by atoms with van der Waals surface area (Å²) in [5, 5.41) is 43.8. The van der Waals surface area contributed by atoms with Gasteiger partial charge in [-0.05, 0) is 6.92 Å². The van der Waals surface area contributed by atoms with Crippen molar-refractivity contribution in [2.75, 3.05) is 13.2 Å². The highest BCUT2D eigenvalue weighted by Crippen LogP contribution is 2.16. The average Bonchev–Trinajstić information content (AvgIpc) is 2.32. The molecule has 9 heteroatoms. The molecule has 0 saturated heterocycles. The second-order valence-corrected chi connectivity index (χ2v) is 3.86. The Hall–Kier alpha value is -1.71. The quantitative estimate of drug-likeness (QED) is 0.311. The van der Waals surface area contributed by atoms with Crippen LogP contribution < -0.4 is 0 Å². The van der Waals surface area contributed by atoms with E-state index in [1.54, 1.807) is 0 Å². The van der Waals surface area contributed by atoms with E-state index in [0.29, 0.717) is 0 Å². The van der Waals surface area contributed by atoms with Gasteiger partial charge in [-0.25, -0.2) is 9.59 Å². The van der Waals surface area contributed by atoms with E-state index >= 15 is 0 Å². The number of carbonyl (C=O) groups is 3. The molecule has 3 atom stereocenters. The third-order valence-electron chi connectivity index (χ3n) is 2.19. The lowest BCUT2D eigenvalue weighted by Gasteiger charge is -2.22. The summed E-state index contributed by atoms with van der Waals surface area (Å²) in [4.78, 5) is 32.1. The number of hydrogen-bond acceptors (Lipinski definition) is 7. The number of carboxylic acid groups (broad SMARTS) is 2. The highest BCUT2D eigenvalue weighted by atomic mass is 16.6. The number of hydrogen-bond donors (Lipinski definition) is 5. The minimum absolute atomic E-state index is 0.777. The van der Waals surface area contributed by atoms with Gasteiger partial charge < -0.3 is 30.3 Å². The van der Waals surface area contributed by atoms with Crippen LogP contribution in [0.2, 0.25) is 0 Å². The number of ether oxygens (including phenoxy) is 1. The third-order valence-corrected chi connectivity index (χ3v) is 2.19. The fraction of sp³-hybridized carbons (Fsp3) is 0.667. The van der Waals surface area contributed by atoms with Gasteiger partial charge in [-0.15, -0.1) is 0 Å². The Balaban J connectivity index is 4.51. The lowest BCUT2D eigenvalue weighted by Crippen LogP contribution is -2.43. The molecule has 0 bridgehead atoms. The van der Waals surface area contributed by atoms with Crippen LogP contribution in [0.1, 0.15) is 6.92 Å². The molecule has 0 aliphatic carbocycles. The number of rotatable bonds is 7. The molecule has 0 aliphatic rings. The van der Waals surface area contributed by atoms with Crippen LogP contribution in [0.5, 0.6) is 0 Å².